The van der Waals surface area contributed by atoms with Crippen molar-refractivity contribution in [1.29, 1.82) is 0 Å². The molecule has 2 aromatic heterocycles. The van der Waals surface area contributed by atoms with Crippen LogP contribution in [0.5, 0.6) is 6.01 Å². The van der Waals surface area contributed by atoms with Gasteiger partial charge in [0, 0.05) is 24.0 Å². The Morgan fingerprint density at radius 1 is 1.04 bits per heavy atom. The predicted octanol–water partition coefficient (Wildman–Crippen LogP) is 6.48. The Hall–Kier alpha value is -3.87. The highest BCUT2D eigenvalue weighted by molar-refractivity contribution is 6.02. The zero-order chi connectivity index (χ0) is 31.0. The van der Waals surface area contributed by atoms with Gasteiger partial charge in [-0.1, -0.05) is 43.5 Å². The molecule has 3 aliphatic rings. The third-order valence-corrected chi connectivity index (χ3v) is 10.1. The van der Waals surface area contributed by atoms with Gasteiger partial charge in [0.1, 0.15) is 29.5 Å². The highest BCUT2D eigenvalue weighted by Crippen LogP contribution is 2.40. The highest BCUT2D eigenvalue weighted by atomic mass is 19.1. The molecule has 7 nitrogen and oxygen atoms in total. The predicted molar refractivity (Wildman–Crippen MR) is 174 cm³/mol. The van der Waals surface area contributed by atoms with Crippen LogP contribution in [0.2, 0.25) is 0 Å². The molecule has 2 aromatic carbocycles. The molecule has 2 fully saturated rings. The van der Waals surface area contributed by atoms with E-state index in [0.717, 1.165) is 76.5 Å². The zero-order valence-corrected chi connectivity index (χ0v) is 25.9. The van der Waals surface area contributed by atoms with E-state index in [1.807, 2.05) is 12.1 Å². The average molecular weight is 611 g/mol. The molecule has 4 aromatic rings. The lowest BCUT2D eigenvalue weighted by atomic mass is 9.94. The molecule has 0 spiro atoms. The van der Waals surface area contributed by atoms with Gasteiger partial charge < -0.3 is 15.4 Å². The number of rotatable bonds is 5. The van der Waals surface area contributed by atoms with Crippen molar-refractivity contribution in [2.24, 2.45) is 5.92 Å². The van der Waals surface area contributed by atoms with E-state index in [-0.39, 0.29) is 28.3 Å². The number of pyridine rings is 1. The first-order chi connectivity index (χ1) is 22.0. The molecular weight excluding hydrogens is 570 g/mol. The van der Waals surface area contributed by atoms with Crippen molar-refractivity contribution >= 4 is 27.5 Å². The molecule has 3 aliphatic heterocycles. The van der Waals surface area contributed by atoms with Crippen LogP contribution in [0.25, 0.3) is 32.9 Å². The lowest BCUT2D eigenvalue weighted by Crippen LogP contribution is -2.43. The topological polar surface area (TPSA) is 75.2 Å². The summed E-state index contributed by atoms with van der Waals surface area (Å²) in [6.45, 7) is 7.14. The molecule has 2 N–H and O–H groups in total. The molecule has 7 rings (SSSR count). The molecule has 0 saturated carbocycles. The maximum absolute atomic E-state index is 17.0. The van der Waals surface area contributed by atoms with Crippen LogP contribution >= 0.6 is 0 Å². The van der Waals surface area contributed by atoms with E-state index in [4.69, 9.17) is 26.1 Å². The number of aryl methyl sites for hydroxylation is 1. The molecule has 0 aliphatic carbocycles. The number of nitrogens with one attached hydrogen (secondary N) is 2. The molecule has 0 bridgehead atoms. The van der Waals surface area contributed by atoms with Crippen molar-refractivity contribution in [3.63, 3.8) is 0 Å². The summed E-state index contributed by atoms with van der Waals surface area (Å²) < 4.78 is 38.2. The second-order valence-electron chi connectivity index (χ2n) is 12.8. The van der Waals surface area contributed by atoms with Gasteiger partial charge in [0.2, 0.25) is 0 Å². The summed E-state index contributed by atoms with van der Waals surface area (Å²) in [5.74, 6) is 2.44. The second kappa shape index (κ2) is 12.5. The summed E-state index contributed by atoms with van der Waals surface area (Å²) in [6.07, 6.45) is 13.8. The molecule has 9 heteroatoms. The number of halogens is 2. The van der Waals surface area contributed by atoms with Crippen LogP contribution in [0.1, 0.15) is 63.1 Å². The maximum atomic E-state index is 17.0. The zero-order valence-electron chi connectivity index (χ0n) is 25.9. The van der Waals surface area contributed by atoms with Crippen LogP contribution in [0.15, 0.2) is 30.3 Å². The Kier molecular flexibility index (Phi) is 8.28. The molecule has 45 heavy (non-hydrogen) atoms. The van der Waals surface area contributed by atoms with Crippen molar-refractivity contribution in [1.82, 2.24) is 25.2 Å². The maximum Gasteiger partial charge on any atom is 0.319 e. The highest BCUT2D eigenvalue weighted by Gasteiger charge is 2.45. The number of aromatic nitrogens is 3. The molecular formula is C36H40F2N6O. The fourth-order valence-electron chi connectivity index (χ4n) is 7.71. The minimum atomic E-state index is -0.595. The van der Waals surface area contributed by atoms with Gasteiger partial charge in [-0.25, -0.2) is 13.8 Å². The smallest absolute Gasteiger partial charge is 0.319 e. The van der Waals surface area contributed by atoms with Crippen molar-refractivity contribution in [2.75, 3.05) is 44.6 Å². The normalized spacial score (nSPS) is 20.3. The molecule has 234 valence electrons. The first kappa shape index (κ1) is 29.8. The van der Waals surface area contributed by atoms with Gasteiger partial charge in [-0.3, -0.25) is 4.90 Å². The van der Waals surface area contributed by atoms with E-state index in [0.29, 0.717) is 53.3 Å². The Labute approximate surface area is 263 Å². The summed E-state index contributed by atoms with van der Waals surface area (Å²) in [4.78, 5) is 17.0. The number of anilines is 1. The number of nitrogens with zero attached hydrogens (tertiary/aromatic N) is 4. The monoisotopic (exact) mass is 610 g/mol. The first-order valence-electron chi connectivity index (χ1n) is 16.4. The van der Waals surface area contributed by atoms with Gasteiger partial charge in [-0.05, 0) is 82.0 Å². The summed E-state index contributed by atoms with van der Waals surface area (Å²) in [5, 5.41) is 8.76. The molecule has 1 unspecified atom stereocenters. The number of benzene rings is 2. The average Bonchev–Trinajstić information content (AvgIpc) is 3.63. The van der Waals surface area contributed by atoms with Crippen LogP contribution in [0.4, 0.5) is 14.6 Å². The third kappa shape index (κ3) is 5.49. The van der Waals surface area contributed by atoms with Crippen LogP contribution in [-0.4, -0.2) is 64.7 Å². The number of hydrogen-bond acceptors (Lipinski definition) is 7. The van der Waals surface area contributed by atoms with Crippen molar-refractivity contribution in [3.8, 4) is 29.6 Å². The third-order valence-electron chi connectivity index (χ3n) is 10.1. The quantitative estimate of drug-likeness (QED) is 0.251. The van der Waals surface area contributed by atoms with Crippen molar-refractivity contribution < 1.29 is 13.5 Å². The molecule has 2 saturated heterocycles. The van der Waals surface area contributed by atoms with Crippen LogP contribution in [0.3, 0.4) is 0 Å². The van der Waals surface area contributed by atoms with Gasteiger partial charge >= 0.3 is 6.01 Å². The van der Waals surface area contributed by atoms with Crippen molar-refractivity contribution in [2.45, 2.75) is 63.8 Å². The Bertz CT molecular complexity index is 1780. The number of fused-ring (bicyclic) bond motifs is 2. The lowest BCUT2D eigenvalue weighted by molar-refractivity contribution is 0.108. The molecule has 5 heterocycles. The van der Waals surface area contributed by atoms with Crippen LogP contribution < -0.4 is 15.4 Å². The Morgan fingerprint density at radius 2 is 1.89 bits per heavy atom. The minimum absolute atomic E-state index is 0.00555. The largest absolute Gasteiger partial charge is 0.461 e. The molecule has 0 amide bonds. The lowest BCUT2D eigenvalue weighted by Gasteiger charge is -2.31. The van der Waals surface area contributed by atoms with E-state index >= 15 is 4.39 Å². The minimum Gasteiger partial charge on any atom is -0.461 e. The van der Waals surface area contributed by atoms with E-state index < -0.39 is 11.6 Å². The van der Waals surface area contributed by atoms with Gasteiger partial charge in [0.15, 0.2) is 5.82 Å². The van der Waals surface area contributed by atoms with E-state index in [1.54, 1.807) is 12.1 Å². The van der Waals surface area contributed by atoms with Crippen LogP contribution in [-0.2, 0) is 6.42 Å². The van der Waals surface area contributed by atoms with Crippen LogP contribution in [0, 0.1) is 29.9 Å². The number of ether oxygens (including phenoxy) is 1. The fraction of sp³-hybridized carbons (Fsp3) is 0.472. The van der Waals surface area contributed by atoms with Gasteiger partial charge in [0.25, 0.3) is 0 Å². The van der Waals surface area contributed by atoms with Crippen molar-refractivity contribution in [3.05, 3.63) is 53.2 Å². The number of terminal acetylenes is 1. The number of hydrogen-bond donors (Lipinski definition) is 2. The SMILES string of the molecule is C#Cc1c(F)ccc2cccc(-c3nc4c5c(nc(OCC67CCCN6CCC7)nc5c3F)NCCNCC(CC)CCC4)c12. The standard InChI is InChI=1S/C36H40F2N6O/c1-3-23-9-5-12-28-30-33(31(38)32(41-28)26-11-6-10-24-13-14-27(37)25(4-2)29(24)26)42-35(43-34(30)40-18-17-39-21-23)45-22-36-15-7-19-44(36)20-8-16-36/h2,6,10-11,13-14,23,39H,3,5,7-9,12,15-22H2,1H3,(H,40,42,43). The first-order valence-corrected chi connectivity index (χ1v) is 16.4. The van der Waals surface area contributed by atoms with E-state index in [9.17, 15) is 4.39 Å². The Morgan fingerprint density at radius 3 is 2.69 bits per heavy atom. The fourth-order valence-corrected chi connectivity index (χ4v) is 7.71. The second-order valence-corrected chi connectivity index (χ2v) is 12.8. The van der Waals surface area contributed by atoms with E-state index in [1.165, 1.54) is 6.07 Å². The Balaban J connectivity index is 1.40. The summed E-state index contributed by atoms with van der Waals surface area (Å²) in [5.41, 5.74) is 1.51. The van der Waals surface area contributed by atoms with Gasteiger partial charge in [-0.15, -0.1) is 6.42 Å². The summed E-state index contributed by atoms with van der Waals surface area (Å²) in [7, 11) is 0. The summed E-state index contributed by atoms with van der Waals surface area (Å²) in [6, 6.07) is 8.59. The van der Waals surface area contributed by atoms with Gasteiger partial charge in [0.05, 0.1) is 22.2 Å². The molecule has 0 radical (unpaired) electrons. The van der Waals surface area contributed by atoms with Gasteiger partial charge in [-0.2, -0.15) is 9.97 Å². The van der Waals surface area contributed by atoms with E-state index in [2.05, 4.69) is 28.4 Å². The summed E-state index contributed by atoms with van der Waals surface area (Å²) >= 11 is 0. The molecule has 1 atom stereocenters.